The van der Waals surface area contributed by atoms with Crippen LogP contribution in [-0.2, 0) is 9.59 Å². The third-order valence-corrected chi connectivity index (χ3v) is 3.81. The van der Waals surface area contributed by atoms with Gasteiger partial charge in [-0.1, -0.05) is 24.3 Å². The predicted octanol–water partition coefficient (Wildman–Crippen LogP) is 2.21. The molecule has 0 radical (unpaired) electrons. The number of amides is 2. The molecule has 0 atom stereocenters. The smallest absolute Gasteiger partial charge is 0.241 e. The lowest BCUT2D eigenvalue weighted by molar-refractivity contribution is -0.121. The molecule has 0 aliphatic rings. The Morgan fingerprint density at radius 3 is 2.52 bits per heavy atom. The molecule has 1 aromatic carbocycles. The Hall–Kier alpha value is -3.24. The zero-order valence-corrected chi connectivity index (χ0v) is 15.6. The van der Waals surface area contributed by atoms with Crippen LogP contribution in [0, 0.1) is 18.3 Å². The summed E-state index contributed by atoms with van der Waals surface area (Å²) in [6.07, 6.45) is 1.92. The van der Waals surface area contributed by atoms with Crippen LogP contribution in [0.3, 0.4) is 0 Å². The first-order valence-corrected chi connectivity index (χ1v) is 8.63. The Morgan fingerprint density at radius 2 is 1.89 bits per heavy atom. The SMILES string of the molecule is Cc1ccc(NC(=O)CN(C)CC(=O)N(CCC#N)c2ccccc2)nc1. The number of para-hydroxylation sites is 1. The van der Waals surface area contributed by atoms with Gasteiger partial charge in [-0.3, -0.25) is 14.5 Å². The Kier molecular flexibility index (Phi) is 7.47. The molecule has 0 aliphatic carbocycles. The van der Waals surface area contributed by atoms with Crippen molar-refractivity contribution in [2.45, 2.75) is 13.3 Å². The van der Waals surface area contributed by atoms with Crippen molar-refractivity contribution in [3.8, 4) is 6.07 Å². The number of aryl methyl sites for hydroxylation is 1. The van der Waals surface area contributed by atoms with Gasteiger partial charge in [0.1, 0.15) is 5.82 Å². The van der Waals surface area contributed by atoms with E-state index in [4.69, 9.17) is 5.26 Å². The van der Waals surface area contributed by atoms with E-state index < -0.39 is 0 Å². The van der Waals surface area contributed by atoms with E-state index in [9.17, 15) is 9.59 Å². The fraction of sp³-hybridized carbons (Fsp3) is 0.300. The van der Waals surface area contributed by atoms with E-state index in [1.807, 2.05) is 43.3 Å². The molecule has 0 saturated heterocycles. The average molecular weight is 365 g/mol. The summed E-state index contributed by atoms with van der Waals surface area (Å²) in [7, 11) is 1.70. The average Bonchev–Trinajstić information content (AvgIpc) is 2.64. The number of benzene rings is 1. The molecule has 2 amide bonds. The predicted molar refractivity (Wildman–Crippen MR) is 104 cm³/mol. The van der Waals surface area contributed by atoms with Gasteiger partial charge >= 0.3 is 0 Å². The van der Waals surface area contributed by atoms with Crippen molar-refractivity contribution in [2.24, 2.45) is 0 Å². The lowest BCUT2D eigenvalue weighted by atomic mass is 10.2. The molecule has 1 heterocycles. The summed E-state index contributed by atoms with van der Waals surface area (Å²) in [6, 6.07) is 14.9. The quantitative estimate of drug-likeness (QED) is 0.775. The summed E-state index contributed by atoms with van der Waals surface area (Å²) >= 11 is 0. The van der Waals surface area contributed by atoms with Crippen LogP contribution in [0.2, 0.25) is 0 Å². The molecule has 2 aromatic rings. The van der Waals surface area contributed by atoms with E-state index in [1.54, 1.807) is 29.1 Å². The summed E-state index contributed by atoms with van der Waals surface area (Å²) in [4.78, 5) is 32.1. The van der Waals surface area contributed by atoms with Crippen molar-refractivity contribution in [3.05, 3.63) is 54.2 Å². The van der Waals surface area contributed by atoms with Crippen molar-refractivity contribution < 1.29 is 9.59 Å². The highest BCUT2D eigenvalue weighted by atomic mass is 16.2. The fourth-order valence-corrected chi connectivity index (χ4v) is 2.51. The van der Waals surface area contributed by atoms with Crippen LogP contribution in [0.15, 0.2) is 48.7 Å². The molecular formula is C20H23N5O2. The second-order valence-electron chi connectivity index (χ2n) is 6.23. The van der Waals surface area contributed by atoms with Gasteiger partial charge in [-0.25, -0.2) is 4.98 Å². The molecule has 7 nitrogen and oxygen atoms in total. The molecule has 2 rings (SSSR count). The Morgan fingerprint density at radius 1 is 1.15 bits per heavy atom. The molecule has 0 unspecified atom stereocenters. The molecule has 0 spiro atoms. The third kappa shape index (κ3) is 6.53. The Labute approximate surface area is 159 Å². The molecule has 7 heteroatoms. The van der Waals surface area contributed by atoms with E-state index in [0.717, 1.165) is 11.3 Å². The van der Waals surface area contributed by atoms with Gasteiger partial charge in [-0.15, -0.1) is 0 Å². The lowest BCUT2D eigenvalue weighted by Gasteiger charge is -2.24. The number of carbonyl (C=O) groups is 2. The van der Waals surface area contributed by atoms with Gasteiger partial charge in [-0.2, -0.15) is 5.26 Å². The Bertz CT molecular complexity index is 799. The van der Waals surface area contributed by atoms with Crippen molar-refractivity contribution >= 4 is 23.3 Å². The highest BCUT2D eigenvalue weighted by Gasteiger charge is 2.18. The Balaban J connectivity index is 1.92. The maximum absolute atomic E-state index is 12.7. The molecule has 0 fully saturated rings. The zero-order valence-electron chi connectivity index (χ0n) is 15.6. The van der Waals surface area contributed by atoms with Crippen molar-refractivity contribution in [3.63, 3.8) is 0 Å². The van der Waals surface area contributed by atoms with Gasteiger partial charge in [0.25, 0.3) is 0 Å². The van der Waals surface area contributed by atoms with Crippen LogP contribution in [0.5, 0.6) is 0 Å². The molecule has 27 heavy (non-hydrogen) atoms. The number of hydrogen-bond donors (Lipinski definition) is 1. The van der Waals surface area contributed by atoms with Crippen LogP contribution in [-0.4, -0.2) is 48.4 Å². The van der Waals surface area contributed by atoms with Gasteiger partial charge in [0.15, 0.2) is 0 Å². The topological polar surface area (TPSA) is 89.3 Å². The highest BCUT2D eigenvalue weighted by Crippen LogP contribution is 2.14. The lowest BCUT2D eigenvalue weighted by Crippen LogP contribution is -2.42. The summed E-state index contributed by atoms with van der Waals surface area (Å²) in [5, 5.41) is 11.6. The molecule has 1 N–H and O–H groups in total. The first-order chi connectivity index (χ1) is 13.0. The molecule has 0 aliphatic heterocycles. The second kappa shape index (κ2) is 10.0. The van der Waals surface area contributed by atoms with E-state index in [0.29, 0.717) is 12.4 Å². The number of anilines is 2. The van der Waals surface area contributed by atoms with Crippen LogP contribution >= 0.6 is 0 Å². The zero-order chi connectivity index (χ0) is 19.6. The maximum Gasteiger partial charge on any atom is 0.241 e. The van der Waals surface area contributed by atoms with Gasteiger partial charge in [0.05, 0.1) is 25.6 Å². The normalized spacial score (nSPS) is 10.3. The number of aromatic nitrogens is 1. The van der Waals surface area contributed by atoms with Gasteiger partial charge in [0.2, 0.25) is 11.8 Å². The van der Waals surface area contributed by atoms with Crippen LogP contribution < -0.4 is 10.2 Å². The first kappa shape index (κ1) is 20.1. The van der Waals surface area contributed by atoms with E-state index in [1.165, 1.54) is 0 Å². The monoisotopic (exact) mass is 365 g/mol. The van der Waals surface area contributed by atoms with Gasteiger partial charge in [-0.05, 0) is 37.7 Å². The van der Waals surface area contributed by atoms with E-state index in [2.05, 4.69) is 16.4 Å². The number of nitrogens with one attached hydrogen (secondary N) is 1. The van der Waals surface area contributed by atoms with Crippen LogP contribution in [0.4, 0.5) is 11.5 Å². The number of likely N-dealkylation sites (N-methyl/N-ethyl adjacent to an activating group) is 1. The fourth-order valence-electron chi connectivity index (χ4n) is 2.51. The summed E-state index contributed by atoms with van der Waals surface area (Å²) in [5.41, 5.74) is 1.74. The molecule has 1 aromatic heterocycles. The van der Waals surface area contributed by atoms with E-state index in [-0.39, 0.29) is 31.3 Å². The largest absolute Gasteiger partial charge is 0.310 e. The maximum atomic E-state index is 12.7. The third-order valence-electron chi connectivity index (χ3n) is 3.81. The number of hydrogen-bond acceptors (Lipinski definition) is 5. The van der Waals surface area contributed by atoms with Gasteiger partial charge in [0, 0.05) is 18.4 Å². The van der Waals surface area contributed by atoms with Crippen molar-refractivity contribution in [1.82, 2.24) is 9.88 Å². The van der Waals surface area contributed by atoms with Crippen molar-refractivity contribution in [2.75, 3.05) is 36.9 Å². The number of nitrogens with zero attached hydrogens (tertiary/aromatic N) is 4. The minimum Gasteiger partial charge on any atom is -0.310 e. The summed E-state index contributed by atoms with van der Waals surface area (Å²) in [6.45, 7) is 2.35. The molecule has 0 bridgehead atoms. The molecule has 0 saturated carbocycles. The van der Waals surface area contributed by atoms with Gasteiger partial charge < -0.3 is 10.2 Å². The van der Waals surface area contributed by atoms with Crippen LogP contribution in [0.1, 0.15) is 12.0 Å². The number of carbonyl (C=O) groups excluding carboxylic acids is 2. The minimum atomic E-state index is -0.245. The number of pyridine rings is 1. The van der Waals surface area contributed by atoms with Crippen LogP contribution in [0.25, 0.3) is 0 Å². The summed E-state index contributed by atoms with van der Waals surface area (Å²) < 4.78 is 0. The number of rotatable bonds is 8. The summed E-state index contributed by atoms with van der Waals surface area (Å²) in [5.74, 6) is 0.0652. The van der Waals surface area contributed by atoms with E-state index >= 15 is 0 Å². The highest BCUT2D eigenvalue weighted by molar-refractivity contribution is 5.96. The first-order valence-electron chi connectivity index (χ1n) is 8.63. The van der Waals surface area contributed by atoms with Crippen molar-refractivity contribution in [1.29, 1.82) is 5.26 Å². The minimum absolute atomic E-state index is 0.0577. The second-order valence-corrected chi connectivity index (χ2v) is 6.23. The molecule has 140 valence electrons. The molecular weight excluding hydrogens is 342 g/mol. The standard InChI is InChI=1S/C20H23N5O2/c1-16-9-10-18(22-13-16)23-19(26)14-24(2)15-20(27)25(12-6-11-21)17-7-4-3-5-8-17/h3-5,7-10,13H,6,12,14-15H2,1-2H3,(H,22,23,26). The number of nitriles is 1.